The van der Waals surface area contributed by atoms with Crippen LogP contribution in [-0.2, 0) is 22.4 Å². The molecule has 2 aromatic rings. The van der Waals surface area contributed by atoms with Gasteiger partial charge in [0, 0.05) is 24.2 Å². The van der Waals surface area contributed by atoms with Gasteiger partial charge >= 0.3 is 6.03 Å². The number of nitrogens with zero attached hydrogens (tertiary/aromatic N) is 1. The van der Waals surface area contributed by atoms with Gasteiger partial charge in [0.2, 0.25) is 18.1 Å². The Morgan fingerprint density at radius 2 is 1.73 bits per heavy atom. The van der Waals surface area contributed by atoms with E-state index in [1.54, 1.807) is 13.8 Å². The van der Waals surface area contributed by atoms with Gasteiger partial charge in [-0.3, -0.25) is 9.89 Å². The number of benzene rings is 1. The van der Waals surface area contributed by atoms with E-state index in [9.17, 15) is 30.0 Å². The zero-order valence-corrected chi connectivity index (χ0v) is 23.2. The van der Waals surface area contributed by atoms with E-state index in [1.165, 1.54) is 0 Å². The van der Waals surface area contributed by atoms with E-state index in [2.05, 4.69) is 20.8 Å². The molecule has 1 aromatic heterocycles. The first-order chi connectivity index (χ1) is 18.9. The molecule has 0 spiro atoms. The van der Waals surface area contributed by atoms with Crippen molar-refractivity contribution in [3.05, 3.63) is 46.6 Å². The first kappa shape index (κ1) is 31.3. The van der Waals surface area contributed by atoms with Crippen LogP contribution in [0.2, 0.25) is 0 Å². The highest BCUT2D eigenvalue weighted by Crippen LogP contribution is 2.31. The number of aliphatic hydroxyl groups excluding tert-OH is 4. The van der Waals surface area contributed by atoms with Crippen LogP contribution < -0.4 is 21.1 Å². The molecule has 40 heavy (non-hydrogen) atoms. The minimum absolute atomic E-state index is 0.0796. The van der Waals surface area contributed by atoms with E-state index in [1.807, 2.05) is 38.1 Å². The topological polar surface area (TPSA) is 212 Å². The van der Waals surface area contributed by atoms with Crippen molar-refractivity contribution in [1.82, 2.24) is 20.8 Å². The monoisotopic (exact) mass is 563 g/mol. The van der Waals surface area contributed by atoms with Crippen molar-refractivity contribution in [1.29, 1.82) is 0 Å². The number of amides is 3. The Kier molecular flexibility index (Phi) is 10.9. The molecule has 1 aliphatic rings. The van der Waals surface area contributed by atoms with Crippen LogP contribution in [0.4, 0.5) is 4.79 Å². The summed E-state index contributed by atoms with van der Waals surface area (Å²) >= 11 is 0. The Balaban J connectivity index is 1.63. The van der Waals surface area contributed by atoms with Crippen molar-refractivity contribution in [2.24, 2.45) is 11.7 Å². The third-order valence-corrected chi connectivity index (χ3v) is 6.88. The van der Waals surface area contributed by atoms with Crippen molar-refractivity contribution in [2.45, 2.75) is 83.2 Å². The van der Waals surface area contributed by atoms with Gasteiger partial charge in [0.15, 0.2) is 0 Å². The fraction of sp³-hybridized carbons (Fsp3) is 0.593. The molecule has 1 saturated heterocycles. The molecule has 1 aromatic carbocycles. The highest BCUT2D eigenvalue weighted by Gasteiger charge is 2.45. The largest absolute Gasteiger partial charge is 0.443 e. The Morgan fingerprint density at radius 3 is 2.30 bits per heavy atom. The van der Waals surface area contributed by atoms with E-state index in [0.29, 0.717) is 19.4 Å². The number of ether oxygens (including phenoxy) is 2. The van der Waals surface area contributed by atoms with Gasteiger partial charge in [0.05, 0.1) is 6.61 Å². The molecule has 13 nitrogen and oxygen atoms in total. The molecule has 222 valence electrons. The van der Waals surface area contributed by atoms with E-state index in [4.69, 9.17) is 15.2 Å². The highest BCUT2D eigenvalue weighted by atomic mass is 16.7. The normalized spacial score (nSPS) is 23.7. The summed E-state index contributed by atoms with van der Waals surface area (Å²) in [5, 5.41) is 52.5. The average molecular weight is 564 g/mol. The summed E-state index contributed by atoms with van der Waals surface area (Å²) in [6.07, 6.45) is -6.01. The van der Waals surface area contributed by atoms with E-state index < -0.39 is 55.3 Å². The van der Waals surface area contributed by atoms with Crippen LogP contribution in [0.3, 0.4) is 0 Å². The van der Waals surface area contributed by atoms with Crippen molar-refractivity contribution < 1.29 is 39.5 Å². The number of primary amides is 1. The number of hydrogen-bond acceptors (Lipinski definition) is 9. The van der Waals surface area contributed by atoms with Gasteiger partial charge in [-0.15, -0.1) is 5.10 Å². The summed E-state index contributed by atoms with van der Waals surface area (Å²) in [4.78, 5) is 23.6. The average Bonchev–Trinajstić information content (AvgIpc) is 3.30. The van der Waals surface area contributed by atoms with E-state index in [0.717, 1.165) is 22.4 Å². The first-order valence-corrected chi connectivity index (χ1v) is 13.4. The number of rotatable bonds is 12. The number of hydrogen-bond donors (Lipinski definition) is 8. The van der Waals surface area contributed by atoms with Crippen molar-refractivity contribution in [2.75, 3.05) is 13.2 Å². The number of H-pyrrole nitrogens is 1. The summed E-state index contributed by atoms with van der Waals surface area (Å²) in [6, 6.07) is 6.60. The molecule has 3 amide bonds. The molecular formula is C27H41N5O8. The SMILES string of the molecule is CC(C)c1[nH]nc(OC2OC(CO)C(O)C(O)[C@H]2O)c1Cc1ccc(CCNC(=O)N[C@H](C(N)=O)C(C)C)cc1. The third kappa shape index (κ3) is 7.70. The standard InChI is InChI=1S/C27H41N5O8/c1-13(2)19-17(25(32-31-19)40-26-23(36)22(35)21(34)18(12-33)39-26)11-16-7-5-15(6-8-16)9-10-29-27(38)30-20(14(3)4)24(28)37/h5-8,13-14,18,20-23,26,33-36H,9-12H2,1-4H3,(H2,28,37)(H,31,32)(H2,29,30,38)/t18?,20-,21?,22?,23+,26?/m0/s1. The molecule has 6 atom stereocenters. The van der Waals surface area contributed by atoms with Gasteiger partial charge in [-0.2, -0.15) is 0 Å². The van der Waals surface area contributed by atoms with Crippen molar-refractivity contribution >= 4 is 11.9 Å². The lowest BCUT2D eigenvalue weighted by Crippen LogP contribution is -2.60. The maximum atomic E-state index is 12.1. The lowest BCUT2D eigenvalue weighted by molar-refractivity contribution is -0.278. The molecule has 0 aliphatic carbocycles. The fourth-order valence-corrected chi connectivity index (χ4v) is 4.49. The maximum absolute atomic E-state index is 12.1. The molecular weight excluding hydrogens is 522 g/mol. The number of aromatic nitrogens is 2. The first-order valence-electron chi connectivity index (χ1n) is 13.4. The van der Waals surface area contributed by atoms with Gasteiger partial charge < -0.3 is 46.3 Å². The summed E-state index contributed by atoms with van der Waals surface area (Å²) < 4.78 is 11.3. The molecule has 13 heteroatoms. The number of aromatic amines is 1. The second-order valence-electron chi connectivity index (χ2n) is 10.7. The smallest absolute Gasteiger partial charge is 0.315 e. The molecule has 4 unspecified atom stereocenters. The molecule has 0 bridgehead atoms. The van der Waals surface area contributed by atoms with Gasteiger partial charge in [-0.1, -0.05) is 52.0 Å². The van der Waals surface area contributed by atoms with Crippen LogP contribution in [0.5, 0.6) is 5.88 Å². The third-order valence-electron chi connectivity index (χ3n) is 6.88. The van der Waals surface area contributed by atoms with E-state index >= 15 is 0 Å². The number of carbonyl (C=O) groups is 2. The summed E-state index contributed by atoms with van der Waals surface area (Å²) in [5.41, 5.74) is 8.86. The van der Waals surface area contributed by atoms with Gasteiger partial charge in [0.1, 0.15) is 30.5 Å². The Hall–Kier alpha value is -3.23. The van der Waals surface area contributed by atoms with Gasteiger partial charge in [0.25, 0.3) is 0 Å². The zero-order valence-electron chi connectivity index (χ0n) is 23.2. The van der Waals surface area contributed by atoms with Crippen LogP contribution >= 0.6 is 0 Å². The van der Waals surface area contributed by atoms with E-state index in [-0.39, 0.29) is 17.7 Å². The second-order valence-corrected chi connectivity index (χ2v) is 10.7. The predicted molar refractivity (Wildman–Crippen MR) is 144 cm³/mol. The summed E-state index contributed by atoms with van der Waals surface area (Å²) in [6.45, 7) is 7.39. The van der Waals surface area contributed by atoms with Crippen LogP contribution in [0.15, 0.2) is 24.3 Å². The minimum Gasteiger partial charge on any atom is -0.443 e. The van der Waals surface area contributed by atoms with Crippen LogP contribution in [0.25, 0.3) is 0 Å². The number of nitrogens with one attached hydrogen (secondary N) is 3. The summed E-state index contributed by atoms with van der Waals surface area (Å²) in [7, 11) is 0. The predicted octanol–water partition coefficient (Wildman–Crippen LogP) is -0.346. The Morgan fingerprint density at radius 1 is 1.07 bits per heavy atom. The molecule has 1 fully saturated rings. The number of aliphatic hydroxyl groups is 4. The zero-order chi connectivity index (χ0) is 29.6. The highest BCUT2D eigenvalue weighted by molar-refractivity contribution is 5.86. The van der Waals surface area contributed by atoms with Crippen LogP contribution in [0, 0.1) is 5.92 Å². The fourth-order valence-electron chi connectivity index (χ4n) is 4.49. The number of carbonyl (C=O) groups excluding carboxylic acids is 2. The molecule has 1 aliphatic heterocycles. The quantitative estimate of drug-likeness (QED) is 0.169. The second kappa shape index (κ2) is 13.9. The molecule has 0 radical (unpaired) electrons. The Bertz CT molecular complexity index is 1120. The van der Waals surface area contributed by atoms with Crippen LogP contribution in [-0.4, -0.2) is 92.5 Å². The van der Waals surface area contributed by atoms with Crippen LogP contribution in [0.1, 0.15) is 56.0 Å². The van der Waals surface area contributed by atoms with Crippen molar-refractivity contribution in [3.63, 3.8) is 0 Å². The summed E-state index contributed by atoms with van der Waals surface area (Å²) in [5.74, 6) is -0.440. The lowest BCUT2D eigenvalue weighted by atomic mass is 9.98. The van der Waals surface area contributed by atoms with Gasteiger partial charge in [-0.05, 0) is 29.4 Å². The number of urea groups is 1. The molecule has 2 heterocycles. The minimum atomic E-state index is -1.56. The lowest BCUT2D eigenvalue weighted by Gasteiger charge is -2.39. The maximum Gasteiger partial charge on any atom is 0.315 e. The van der Waals surface area contributed by atoms with Gasteiger partial charge in [-0.25, -0.2) is 4.79 Å². The number of nitrogens with two attached hydrogens (primary N) is 1. The van der Waals surface area contributed by atoms with Crippen molar-refractivity contribution in [3.8, 4) is 5.88 Å². The molecule has 9 N–H and O–H groups in total. The molecule has 3 rings (SSSR count). The molecule has 0 saturated carbocycles. The Labute approximate surface area is 233 Å².